The Balaban J connectivity index is 1.91. The minimum absolute atomic E-state index is 0.00664. The van der Waals surface area contributed by atoms with Gasteiger partial charge in [-0.15, -0.1) is 0 Å². The molecule has 1 saturated heterocycles. The van der Waals surface area contributed by atoms with Gasteiger partial charge in [-0.2, -0.15) is 0 Å². The molecule has 1 unspecified atom stereocenters. The second-order valence-corrected chi connectivity index (χ2v) is 5.49. The van der Waals surface area contributed by atoms with Gasteiger partial charge >= 0.3 is 0 Å². The summed E-state index contributed by atoms with van der Waals surface area (Å²) in [5, 5.41) is 10.6. The number of nitro groups is 1. The minimum Gasteiger partial charge on any atom is -0.369 e. The SMILES string of the molecule is CC(=O)c1ccc(N2CCN(C(C)C[N+](=O)[O-])CC2)cc1. The number of nitrogens with zero attached hydrogens (tertiary/aromatic N) is 3. The Kier molecular flexibility index (Phi) is 4.90. The third kappa shape index (κ3) is 4.01. The number of hydrogen-bond acceptors (Lipinski definition) is 5. The maximum Gasteiger partial charge on any atom is 0.218 e. The molecule has 1 aromatic rings. The second kappa shape index (κ2) is 6.67. The van der Waals surface area contributed by atoms with Crippen molar-refractivity contribution in [3.8, 4) is 0 Å². The molecule has 1 heterocycles. The first kappa shape index (κ1) is 15.4. The number of rotatable bonds is 5. The van der Waals surface area contributed by atoms with Gasteiger partial charge < -0.3 is 4.90 Å². The van der Waals surface area contributed by atoms with E-state index in [-0.39, 0.29) is 23.3 Å². The van der Waals surface area contributed by atoms with E-state index in [1.807, 2.05) is 31.2 Å². The van der Waals surface area contributed by atoms with Crippen molar-refractivity contribution in [2.75, 3.05) is 37.6 Å². The van der Waals surface area contributed by atoms with Crippen molar-refractivity contribution in [3.63, 3.8) is 0 Å². The number of Topliss-reactive ketones (excluding diaryl/α,β-unsaturated/α-hetero) is 1. The zero-order valence-electron chi connectivity index (χ0n) is 12.5. The number of carbonyl (C=O) groups is 1. The molecule has 0 amide bonds. The Hall–Kier alpha value is -1.95. The maximum absolute atomic E-state index is 11.3. The van der Waals surface area contributed by atoms with E-state index >= 15 is 0 Å². The molecule has 1 aliphatic rings. The fourth-order valence-electron chi connectivity index (χ4n) is 2.66. The van der Waals surface area contributed by atoms with Crippen molar-refractivity contribution in [1.82, 2.24) is 4.90 Å². The fourth-order valence-corrected chi connectivity index (χ4v) is 2.66. The normalized spacial score (nSPS) is 17.5. The van der Waals surface area contributed by atoms with Crippen LogP contribution in [0.15, 0.2) is 24.3 Å². The van der Waals surface area contributed by atoms with Crippen LogP contribution in [0.2, 0.25) is 0 Å². The topological polar surface area (TPSA) is 66.7 Å². The van der Waals surface area contributed by atoms with Crippen LogP contribution in [0.4, 0.5) is 5.69 Å². The van der Waals surface area contributed by atoms with E-state index < -0.39 is 0 Å². The van der Waals surface area contributed by atoms with Crippen molar-refractivity contribution < 1.29 is 9.72 Å². The van der Waals surface area contributed by atoms with Crippen molar-refractivity contribution in [2.24, 2.45) is 0 Å². The Bertz CT molecular complexity index is 507. The average Bonchev–Trinajstić information content (AvgIpc) is 2.47. The largest absolute Gasteiger partial charge is 0.369 e. The predicted octanol–water partition coefficient (Wildman–Crippen LogP) is 1.68. The van der Waals surface area contributed by atoms with Crippen LogP contribution in [0.1, 0.15) is 24.2 Å². The zero-order chi connectivity index (χ0) is 15.4. The molecular weight excluding hydrogens is 270 g/mol. The van der Waals surface area contributed by atoms with Crippen LogP contribution in [0.3, 0.4) is 0 Å². The number of anilines is 1. The van der Waals surface area contributed by atoms with E-state index in [2.05, 4.69) is 9.80 Å². The van der Waals surface area contributed by atoms with Gasteiger partial charge in [0, 0.05) is 42.4 Å². The van der Waals surface area contributed by atoms with Gasteiger partial charge in [0.05, 0.1) is 6.04 Å². The van der Waals surface area contributed by atoms with E-state index in [0.717, 1.165) is 37.4 Å². The Morgan fingerprint density at radius 3 is 2.29 bits per heavy atom. The molecule has 0 radical (unpaired) electrons. The summed E-state index contributed by atoms with van der Waals surface area (Å²) in [6.45, 7) is 6.80. The highest BCUT2D eigenvalue weighted by Crippen LogP contribution is 2.18. The van der Waals surface area contributed by atoms with Crippen molar-refractivity contribution in [1.29, 1.82) is 0 Å². The van der Waals surface area contributed by atoms with Gasteiger partial charge in [-0.25, -0.2) is 0 Å². The first-order chi connectivity index (χ1) is 9.97. The monoisotopic (exact) mass is 291 g/mol. The summed E-state index contributed by atoms with van der Waals surface area (Å²) in [6.07, 6.45) is 0. The van der Waals surface area contributed by atoms with Crippen LogP contribution in [0.25, 0.3) is 0 Å². The minimum atomic E-state index is -0.252. The van der Waals surface area contributed by atoms with Crippen LogP contribution in [0, 0.1) is 10.1 Å². The molecule has 6 nitrogen and oxygen atoms in total. The maximum atomic E-state index is 11.3. The summed E-state index contributed by atoms with van der Waals surface area (Å²) in [6, 6.07) is 7.60. The molecule has 1 atom stereocenters. The highest BCUT2D eigenvalue weighted by Gasteiger charge is 2.23. The van der Waals surface area contributed by atoms with E-state index in [1.54, 1.807) is 6.92 Å². The number of hydrogen-bond donors (Lipinski definition) is 0. The smallest absolute Gasteiger partial charge is 0.218 e. The molecular formula is C15H21N3O3. The van der Waals surface area contributed by atoms with Gasteiger partial charge in [0.1, 0.15) is 0 Å². The number of piperazine rings is 1. The first-order valence-corrected chi connectivity index (χ1v) is 7.19. The Labute approximate surface area is 124 Å². The summed E-state index contributed by atoms with van der Waals surface area (Å²) >= 11 is 0. The molecule has 114 valence electrons. The van der Waals surface area contributed by atoms with Crippen molar-refractivity contribution >= 4 is 11.5 Å². The molecule has 1 fully saturated rings. The lowest BCUT2D eigenvalue weighted by molar-refractivity contribution is -0.486. The van der Waals surface area contributed by atoms with Crippen molar-refractivity contribution in [2.45, 2.75) is 19.9 Å². The van der Waals surface area contributed by atoms with E-state index in [1.165, 1.54) is 0 Å². The van der Waals surface area contributed by atoms with Gasteiger partial charge in [0.25, 0.3) is 0 Å². The fraction of sp³-hybridized carbons (Fsp3) is 0.533. The summed E-state index contributed by atoms with van der Waals surface area (Å²) in [4.78, 5) is 26.0. The summed E-state index contributed by atoms with van der Waals surface area (Å²) in [5.74, 6) is 0.0694. The molecule has 2 rings (SSSR count). The third-order valence-electron chi connectivity index (χ3n) is 3.99. The average molecular weight is 291 g/mol. The van der Waals surface area contributed by atoms with Crippen LogP contribution in [-0.4, -0.2) is 54.4 Å². The highest BCUT2D eigenvalue weighted by atomic mass is 16.6. The highest BCUT2D eigenvalue weighted by molar-refractivity contribution is 5.94. The van der Waals surface area contributed by atoms with Gasteiger partial charge in [0.2, 0.25) is 6.54 Å². The first-order valence-electron chi connectivity index (χ1n) is 7.19. The molecule has 0 bridgehead atoms. The second-order valence-electron chi connectivity index (χ2n) is 5.49. The molecule has 0 aromatic heterocycles. The van der Waals surface area contributed by atoms with Crippen molar-refractivity contribution in [3.05, 3.63) is 39.9 Å². The molecule has 1 aromatic carbocycles. The number of benzene rings is 1. The zero-order valence-corrected chi connectivity index (χ0v) is 12.5. The van der Waals surface area contributed by atoms with Crippen LogP contribution in [-0.2, 0) is 0 Å². The van der Waals surface area contributed by atoms with E-state index in [4.69, 9.17) is 0 Å². The van der Waals surface area contributed by atoms with Gasteiger partial charge in [0.15, 0.2) is 5.78 Å². The molecule has 0 aliphatic carbocycles. The predicted molar refractivity (Wildman–Crippen MR) is 81.6 cm³/mol. The molecule has 0 N–H and O–H groups in total. The summed E-state index contributed by atoms with van der Waals surface area (Å²) < 4.78 is 0. The van der Waals surface area contributed by atoms with E-state index in [0.29, 0.717) is 0 Å². The van der Waals surface area contributed by atoms with Gasteiger partial charge in [-0.1, -0.05) is 0 Å². The number of ketones is 1. The lowest BCUT2D eigenvalue weighted by Gasteiger charge is -2.38. The molecule has 0 saturated carbocycles. The van der Waals surface area contributed by atoms with Gasteiger partial charge in [-0.3, -0.25) is 19.8 Å². The summed E-state index contributed by atoms with van der Waals surface area (Å²) in [5.41, 5.74) is 1.82. The lowest BCUT2D eigenvalue weighted by atomic mass is 10.1. The van der Waals surface area contributed by atoms with E-state index in [9.17, 15) is 14.9 Å². The Morgan fingerprint density at radius 1 is 1.24 bits per heavy atom. The molecule has 1 aliphatic heterocycles. The summed E-state index contributed by atoms with van der Waals surface area (Å²) in [7, 11) is 0. The van der Waals surface area contributed by atoms with Crippen LogP contribution < -0.4 is 4.90 Å². The number of carbonyl (C=O) groups excluding carboxylic acids is 1. The quantitative estimate of drug-likeness (QED) is 0.469. The lowest BCUT2D eigenvalue weighted by Crippen LogP contribution is -2.51. The standard InChI is InChI=1S/C15H21N3O3/c1-12(11-18(20)21)16-7-9-17(10-8-16)15-5-3-14(4-6-15)13(2)19/h3-6,12H,7-11H2,1-2H3. The van der Waals surface area contributed by atoms with Crippen LogP contribution in [0.5, 0.6) is 0 Å². The molecule has 6 heteroatoms. The third-order valence-corrected chi connectivity index (χ3v) is 3.99. The molecule has 21 heavy (non-hydrogen) atoms. The molecule has 0 spiro atoms. The van der Waals surface area contributed by atoms with Crippen LogP contribution >= 0.6 is 0 Å². The Morgan fingerprint density at radius 2 is 1.81 bits per heavy atom. The van der Waals surface area contributed by atoms with Gasteiger partial charge in [-0.05, 0) is 38.1 Å².